The average molecular weight is 366 g/mol. The second kappa shape index (κ2) is 8.98. The molecule has 114 valence electrons. The van der Waals surface area contributed by atoms with E-state index in [-0.39, 0.29) is 18.2 Å². The van der Waals surface area contributed by atoms with Crippen molar-refractivity contribution in [2.45, 2.75) is 38.8 Å². The summed E-state index contributed by atoms with van der Waals surface area (Å²) in [6.07, 6.45) is 3.52. The van der Waals surface area contributed by atoms with E-state index in [1.54, 1.807) is 6.07 Å². The zero-order chi connectivity index (χ0) is 13.7. The van der Waals surface area contributed by atoms with E-state index in [0.717, 1.165) is 42.6 Å². The minimum atomic E-state index is -0.161. The first-order valence-corrected chi connectivity index (χ1v) is 7.88. The Bertz CT molecular complexity index is 391. The maximum atomic E-state index is 13.4. The molecule has 0 atom stereocenters. The number of nitrogens with zero attached hydrogens (tertiary/aromatic N) is 1. The molecule has 0 aromatic heterocycles. The van der Waals surface area contributed by atoms with Gasteiger partial charge in [-0.15, -0.1) is 12.4 Å². The quantitative estimate of drug-likeness (QED) is 0.849. The molecule has 1 aliphatic rings. The molecule has 2 rings (SSSR count). The Morgan fingerprint density at radius 1 is 1.30 bits per heavy atom. The van der Waals surface area contributed by atoms with Crippen LogP contribution in [0.2, 0.25) is 0 Å². The van der Waals surface area contributed by atoms with Crippen LogP contribution >= 0.6 is 28.3 Å². The van der Waals surface area contributed by atoms with E-state index in [1.807, 2.05) is 6.07 Å². The van der Waals surface area contributed by atoms with E-state index >= 15 is 0 Å². The van der Waals surface area contributed by atoms with Gasteiger partial charge in [-0.2, -0.15) is 0 Å². The minimum Gasteiger partial charge on any atom is -0.317 e. The van der Waals surface area contributed by atoms with Crippen LogP contribution in [0.25, 0.3) is 0 Å². The van der Waals surface area contributed by atoms with Gasteiger partial charge in [0.2, 0.25) is 0 Å². The Kier molecular flexibility index (Phi) is 8.03. The van der Waals surface area contributed by atoms with Crippen molar-refractivity contribution in [1.29, 1.82) is 0 Å². The second-order valence-corrected chi connectivity index (χ2v) is 6.15. The molecule has 5 heteroatoms. The van der Waals surface area contributed by atoms with E-state index in [1.165, 1.54) is 18.9 Å². The maximum Gasteiger partial charge on any atom is 0.124 e. The van der Waals surface area contributed by atoms with Crippen LogP contribution in [0.4, 0.5) is 4.39 Å². The number of benzene rings is 1. The molecule has 1 aliphatic heterocycles. The number of rotatable bonds is 5. The summed E-state index contributed by atoms with van der Waals surface area (Å²) in [5, 5.41) is 3.40. The first-order valence-electron chi connectivity index (χ1n) is 7.08. The van der Waals surface area contributed by atoms with Gasteiger partial charge in [-0.1, -0.05) is 22.9 Å². The van der Waals surface area contributed by atoms with Gasteiger partial charge < -0.3 is 5.32 Å². The van der Waals surface area contributed by atoms with Crippen LogP contribution in [-0.2, 0) is 6.54 Å². The fourth-order valence-corrected chi connectivity index (χ4v) is 3.30. The molecular weight excluding hydrogens is 343 g/mol. The van der Waals surface area contributed by atoms with Crippen molar-refractivity contribution >= 4 is 28.3 Å². The largest absolute Gasteiger partial charge is 0.317 e. The molecule has 0 spiro atoms. The molecule has 0 aliphatic carbocycles. The van der Waals surface area contributed by atoms with Gasteiger partial charge in [0.1, 0.15) is 5.82 Å². The summed E-state index contributed by atoms with van der Waals surface area (Å²) in [5.41, 5.74) is 1.05. The summed E-state index contributed by atoms with van der Waals surface area (Å²) < 4.78 is 14.3. The summed E-state index contributed by atoms with van der Waals surface area (Å²) >= 11 is 3.37. The van der Waals surface area contributed by atoms with Crippen LogP contribution in [0.15, 0.2) is 22.7 Å². The summed E-state index contributed by atoms with van der Waals surface area (Å²) in [4.78, 5) is 2.50. The Balaban J connectivity index is 0.00000200. The molecule has 0 bridgehead atoms. The van der Waals surface area contributed by atoms with Gasteiger partial charge in [0, 0.05) is 17.1 Å². The number of hydrogen-bond donors (Lipinski definition) is 1. The highest BCUT2D eigenvalue weighted by atomic mass is 79.9. The summed E-state index contributed by atoms with van der Waals surface area (Å²) in [6, 6.07) is 5.81. The third-order valence-corrected chi connectivity index (χ3v) is 4.10. The number of nitrogens with one attached hydrogen (secondary N) is 1. The van der Waals surface area contributed by atoms with Crippen LogP contribution in [0.5, 0.6) is 0 Å². The van der Waals surface area contributed by atoms with Gasteiger partial charge in [-0.3, -0.25) is 4.90 Å². The Labute approximate surface area is 135 Å². The minimum absolute atomic E-state index is 0. The highest BCUT2D eigenvalue weighted by molar-refractivity contribution is 9.10. The molecular formula is C15H23BrClFN2. The smallest absolute Gasteiger partial charge is 0.124 e. The summed E-state index contributed by atoms with van der Waals surface area (Å²) in [7, 11) is 0. The van der Waals surface area contributed by atoms with Gasteiger partial charge in [-0.25, -0.2) is 4.39 Å². The fourth-order valence-electron chi connectivity index (χ4n) is 2.79. The lowest BCUT2D eigenvalue weighted by Gasteiger charge is -2.34. The van der Waals surface area contributed by atoms with Crippen molar-refractivity contribution in [3.05, 3.63) is 34.1 Å². The molecule has 2 nitrogen and oxygen atoms in total. The molecule has 1 saturated heterocycles. The number of hydrogen-bond acceptors (Lipinski definition) is 2. The third kappa shape index (κ3) is 5.32. The molecule has 1 aromatic rings. The molecule has 0 saturated carbocycles. The van der Waals surface area contributed by atoms with Crippen LogP contribution in [0, 0.1) is 5.82 Å². The molecule has 0 radical (unpaired) electrons. The van der Waals surface area contributed by atoms with E-state index < -0.39 is 0 Å². The van der Waals surface area contributed by atoms with Crippen LogP contribution in [-0.4, -0.2) is 30.6 Å². The third-order valence-electron chi connectivity index (χ3n) is 3.64. The van der Waals surface area contributed by atoms with Gasteiger partial charge in [0.15, 0.2) is 0 Å². The molecule has 0 unspecified atom stereocenters. The standard InChI is InChI=1S/C15H22BrFN2.ClH/c1-2-7-19(15-3-5-18-6-4-15)11-12-8-13(16)10-14(17)9-12;/h8-10,15,18H,2-7,11H2,1H3;1H. The molecule has 1 heterocycles. The van der Waals surface area contributed by atoms with Crippen molar-refractivity contribution in [3.63, 3.8) is 0 Å². The van der Waals surface area contributed by atoms with Gasteiger partial charge in [0.05, 0.1) is 0 Å². The predicted octanol–water partition coefficient (Wildman–Crippen LogP) is 3.97. The van der Waals surface area contributed by atoms with Crippen molar-refractivity contribution in [3.8, 4) is 0 Å². The molecule has 20 heavy (non-hydrogen) atoms. The molecule has 0 amide bonds. The van der Waals surface area contributed by atoms with Gasteiger partial charge in [-0.05, 0) is 62.7 Å². The van der Waals surface area contributed by atoms with Crippen molar-refractivity contribution < 1.29 is 4.39 Å². The lowest BCUT2D eigenvalue weighted by atomic mass is 10.0. The van der Waals surface area contributed by atoms with Crippen LogP contribution < -0.4 is 5.32 Å². The number of halogens is 3. The van der Waals surface area contributed by atoms with Crippen molar-refractivity contribution in [1.82, 2.24) is 10.2 Å². The topological polar surface area (TPSA) is 15.3 Å². The first-order chi connectivity index (χ1) is 9.19. The zero-order valence-electron chi connectivity index (χ0n) is 11.9. The first kappa shape index (κ1) is 17.9. The van der Waals surface area contributed by atoms with Crippen molar-refractivity contribution in [2.75, 3.05) is 19.6 Å². The Morgan fingerprint density at radius 2 is 2.00 bits per heavy atom. The highest BCUT2D eigenvalue weighted by Crippen LogP contribution is 2.20. The van der Waals surface area contributed by atoms with E-state index in [9.17, 15) is 4.39 Å². The second-order valence-electron chi connectivity index (χ2n) is 5.23. The Morgan fingerprint density at radius 3 is 2.60 bits per heavy atom. The average Bonchev–Trinajstić information content (AvgIpc) is 2.38. The molecule has 1 aromatic carbocycles. The lowest BCUT2D eigenvalue weighted by Crippen LogP contribution is -2.43. The van der Waals surface area contributed by atoms with Gasteiger partial charge in [0.25, 0.3) is 0 Å². The van der Waals surface area contributed by atoms with Crippen molar-refractivity contribution in [2.24, 2.45) is 0 Å². The lowest BCUT2D eigenvalue weighted by molar-refractivity contribution is 0.154. The molecule has 1 N–H and O–H groups in total. The SMILES string of the molecule is CCCN(Cc1cc(F)cc(Br)c1)C1CCNCC1.Cl. The van der Waals surface area contributed by atoms with E-state index in [0.29, 0.717) is 6.04 Å². The monoisotopic (exact) mass is 364 g/mol. The van der Waals surface area contributed by atoms with E-state index in [4.69, 9.17) is 0 Å². The molecule has 1 fully saturated rings. The highest BCUT2D eigenvalue weighted by Gasteiger charge is 2.20. The maximum absolute atomic E-state index is 13.4. The van der Waals surface area contributed by atoms with E-state index in [2.05, 4.69) is 33.1 Å². The van der Waals surface area contributed by atoms with Gasteiger partial charge >= 0.3 is 0 Å². The van der Waals surface area contributed by atoms with Crippen LogP contribution in [0.3, 0.4) is 0 Å². The van der Waals surface area contributed by atoms with Crippen LogP contribution in [0.1, 0.15) is 31.7 Å². The summed E-state index contributed by atoms with van der Waals surface area (Å²) in [6.45, 7) is 6.32. The normalized spacial score (nSPS) is 16.2. The zero-order valence-corrected chi connectivity index (χ0v) is 14.3. The predicted molar refractivity (Wildman–Crippen MR) is 87.9 cm³/mol. The fraction of sp³-hybridized carbons (Fsp3) is 0.600. The Hall–Kier alpha value is -0.160. The summed E-state index contributed by atoms with van der Waals surface area (Å²) in [5.74, 6) is -0.161. The number of piperidine rings is 1.